The minimum absolute atomic E-state index is 0.268. The van der Waals surface area contributed by atoms with Crippen LogP contribution in [0.3, 0.4) is 0 Å². The van der Waals surface area contributed by atoms with Gasteiger partial charge >= 0.3 is 0 Å². The van der Waals surface area contributed by atoms with Gasteiger partial charge in [0, 0.05) is 51.2 Å². The molecular weight excluding hydrogens is 314 g/mol. The van der Waals surface area contributed by atoms with Crippen LogP contribution in [-0.4, -0.2) is 67.7 Å². The predicted molar refractivity (Wildman–Crippen MR) is 99.6 cm³/mol. The summed E-state index contributed by atoms with van der Waals surface area (Å²) in [4.78, 5) is 16.4. The third kappa shape index (κ3) is 4.81. The smallest absolute Gasteiger partial charge is 0.222 e. The van der Waals surface area contributed by atoms with Crippen LogP contribution in [0.25, 0.3) is 0 Å². The van der Waals surface area contributed by atoms with Crippen molar-refractivity contribution in [3.8, 4) is 0 Å². The molecule has 2 aliphatic rings. The number of morpholine rings is 1. The van der Waals surface area contributed by atoms with Crippen molar-refractivity contribution in [1.29, 1.82) is 0 Å². The van der Waals surface area contributed by atoms with E-state index in [1.54, 1.807) is 0 Å². The molecule has 2 fully saturated rings. The lowest BCUT2D eigenvalue weighted by atomic mass is 9.99. The summed E-state index contributed by atoms with van der Waals surface area (Å²) in [6.07, 6.45) is 1.64. The van der Waals surface area contributed by atoms with Crippen LogP contribution in [0.2, 0.25) is 0 Å². The number of rotatable bonds is 6. The van der Waals surface area contributed by atoms with Crippen molar-refractivity contribution in [3.63, 3.8) is 0 Å². The van der Waals surface area contributed by atoms with Crippen molar-refractivity contribution in [2.24, 2.45) is 0 Å². The Kier molecular flexibility index (Phi) is 6.45. The second kappa shape index (κ2) is 8.79. The summed E-state index contributed by atoms with van der Waals surface area (Å²) in [7, 11) is 0. The Labute approximate surface area is 151 Å². The number of carbonyl (C=O) groups excluding carboxylic acids is 1. The van der Waals surface area contributed by atoms with Gasteiger partial charge in [-0.2, -0.15) is 0 Å². The van der Waals surface area contributed by atoms with Crippen molar-refractivity contribution in [3.05, 3.63) is 35.4 Å². The minimum Gasteiger partial charge on any atom is -0.379 e. The number of amides is 1. The quantitative estimate of drug-likeness (QED) is 0.856. The average Bonchev–Trinajstić information content (AvgIpc) is 3.10. The second-order valence-electron chi connectivity index (χ2n) is 7.17. The molecule has 2 saturated heterocycles. The summed E-state index contributed by atoms with van der Waals surface area (Å²) in [5.74, 6) is 0.268. The number of hydrogen-bond acceptors (Lipinski definition) is 4. The maximum atomic E-state index is 12.0. The van der Waals surface area contributed by atoms with E-state index < -0.39 is 0 Å². The molecule has 138 valence electrons. The number of nitrogens with one attached hydrogen (secondary N) is 1. The van der Waals surface area contributed by atoms with Gasteiger partial charge in [0.15, 0.2) is 0 Å². The second-order valence-corrected chi connectivity index (χ2v) is 7.17. The molecule has 0 aromatic heterocycles. The standard InChI is InChI=1S/C20H31N3O2/c1-3-20(24)23-9-8-17(14-23)21-19(15-22-10-12-25-13-11-22)18-7-5-4-6-16(18)2/h4-7,17,19,21H,3,8-15H2,1-2H3. The molecule has 1 N–H and O–H groups in total. The van der Waals surface area contributed by atoms with Gasteiger partial charge in [-0.1, -0.05) is 31.2 Å². The molecule has 0 aliphatic carbocycles. The molecule has 2 aliphatic heterocycles. The van der Waals surface area contributed by atoms with Gasteiger partial charge in [-0.3, -0.25) is 9.69 Å². The van der Waals surface area contributed by atoms with Crippen LogP contribution in [0.15, 0.2) is 24.3 Å². The number of hydrogen-bond donors (Lipinski definition) is 1. The Morgan fingerprint density at radius 1 is 1.28 bits per heavy atom. The predicted octanol–water partition coefficient (Wildman–Crippen LogP) is 1.97. The summed E-state index contributed by atoms with van der Waals surface area (Å²) in [6.45, 7) is 10.5. The van der Waals surface area contributed by atoms with E-state index in [9.17, 15) is 4.79 Å². The summed E-state index contributed by atoms with van der Waals surface area (Å²) < 4.78 is 5.49. The van der Waals surface area contributed by atoms with Crippen LogP contribution < -0.4 is 5.32 Å². The number of benzene rings is 1. The average molecular weight is 345 g/mol. The molecule has 25 heavy (non-hydrogen) atoms. The highest BCUT2D eigenvalue weighted by Crippen LogP contribution is 2.22. The van der Waals surface area contributed by atoms with E-state index in [1.807, 2.05) is 11.8 Å². The maximum Gasteiger partial charge on any atom is 0.222 e. The van der Waals surface area contributed by atoms with Gasteiger partial charge in [0.05, 0.1) is 13.2 Å². The fourth-order valence-corrected chi connectivity index (χ4v) is 3.89. The normalized spacial score (nSPS) is 23.0. The molecule has 1 amide bonds. The molecule has 5 heteroatoms. The van der Waals surface area contributed by atoms with E-state index in [0.717, 1.165) is 52.4 Å². The van der Waals surface area contributed by atoms with E-state index in [0.29, 0.717) is 18.5 Å². The van der Waals surface area contributed by atoms with Crippen LogP contribution >= 0.6 is 0 Å². The number of nitrogens with zero attached hydrogens (tertiary/aromatic N) is 2. The molecule has 0 saturated carbocycles. The van der Waals surface area contributed by atoms with E-state index in [4.69, 9.17) is 4.74 Å². The van der Waals surface area contributed by atoms with Gasteiger partial charge in [-0.15, -0.1) is 0 Å². The molecular formula is C20H31N3O2. The van der Waals surface area contributed by atoms with Gasteiger partial charge < -0.3 is 15.0 Å². The fraction of sp³-hybridized carbons (Fsp3) is 0.650. The zero-order valence-electron chi connectivity index (χ0n) is 15.5. The first-order chi connectivity index (χ1) is 12.2. The molecule has 0 radical (unpaired) electrons. The Morgan fingerprint density at radius 2 is 2.04 bits per heavy atom. The van der Waals surface area contributed by atoms with Gasteiger partial charge in [0.2, 0.25) is 5.91 Å². The first-order valence-corrected chi connectivity index (χ1v) is 9.57. The van der Waals surface area contributed by atoms with Crippen LogP contribution in [0.5, 0.6) is 0 Å². The summed E-state index contributed by atoms with van der Waals surface area (Å²) in [5, 5.41) is 3.85. The van der Waals surface area contributed by atoms with Crippen molar-refractivity contribution < 1.29 is 9.53 Å². The Morgan fingerprint density at radius 3 is 2.76 bits per heavy atom. The molecule has 1 aromatic rings. The van der Waals surface area contributed by atoms with Crippen molar-refractivity contribution in [1.82, 2.24) is 15.1 Å². The SMILES string of the molecule is CCC(=O)N1CCC(NC(CN2CCOCC2)c2ccccc2C)C1. The third-order valence-corrected chi connectivity index (χ3v) is 5.39. The number of aryl methyl sites for hydroxylation is 1. The van der Waals surface area contributed by atoms with Crippen LogP contribution in [0, 0.1) is 6.92 Å². The molecule has 2 unspecified atom stereocenters. The highest BCUT2D eigenvalue weighted by atomic mass is 16.5. The minimum atomic E-state index is 0.268. The maximum absolute atomic E-state index is 12.0. The van der Waals surface area contributed by atoms with Crippen molar-refractivity contribution in [2.45, 2.75) is 38.8 Å². The fourth-order valence-electron chi connectivity index (χ4n) is 3.89. The zero-order valence-corrected chi connectivity index (χ0v) is 15.5. The van der Waals surface area contributed by atoms with Crippen molar-refractivity contribution >= 4 is 5.91 Å². The van der Waals surface area contributed by atoms with E-state index >= 15 is 0 Å². The lowest BCUT2D eigenvalue weighted by molar-refractivity contribution is -0.129. The topological polar surface area (TPSA) is 44.8 Å². The zero-order chi connectivity index (χ0) is 17.6. The molecule has 5 nitrogen and oxygen atoms in total. The first kappa shape index (κ1) is 18.4. The van der Waals surface area contributed by atoms with E-state index in [2.05, 4.69) is 41.4 Å². The Hall–Kier alpha value is -1.43. The number of ether oxygens (including phenoxy) is 1. The molecule has 0 bridgehead atoms. The summed E-state index contributed by atoms with van der Waals surface area (Å²) in [5.41, 5.74) is 2.70. The Balaban J connectivity index is 1.68. The van der Waals surface area contributed by atoms with Crippen LogP contribution in [0.4, 0.5) is 0 Å². The Bertz CT molecular complexity index is 572. The van der Waals surface area contributed by atoms with Crippen LogP contribution in [-0.2, 0) is 9.53 Å². The lowest BCUT2D eigenvalue weighted by Gasteiger charge is -2.33. The van der Waals surface area contributed by atoms with Crippen molar-refractivity contribution in [2.75, 3.05) is 45.9 Å². The third-order valence-electron chi connectivity index (χ3n) is 5.39. The first-order valence-electron chi connectivity index (χ1n) is 9.57. The highest BCUT2D eigenvalue weighted by molar-refractivity contribution is 5.76. The van der Waals surface area contributed by atoms with Crippen LogP contribution in [0.1, 0.15) is 36.9 Å². The van der Waals surface area contributed by atoms with E-state index in [-0.39, 0.29) is 5.91 Å². The number of likely N-dealkylation sites (tertiary alicyclic amines) is 1. The highest BCUT2D eigenvalue weighted by Gasteiger charge is 2.28. The van der Waals surface area contributed by atoms with Gasteiger partial charge in [0.1, 0.15) is 0 Å². The largest absolute Gasteiger partial charge is 0.379 e. The number of carbonyl (C=O) groups is 1. The molecule has 0 spiro atoms. The van der Waals surface area contributed by atoms with Gasteiger partial charge in [-0.25, -0.2) is 0 Å². The molecule has 2 atom stereocenters. The molecule has 1 aromatic carbocycles. The summed E-state index contributed by atoms with van der Waals surface area (Å²) in [6, 6.07) is 9.31. The van der Waals surface area contributed by atoms with E-state index in [1.165, 1.54) is 11.1 Å². The molecule has 2 heterocycles. The summed E-state index contributed by atoms with van der Waals surface area (Å²) >= 11 is 0. The van der Waals surface area contributed by atoms with Gasteiger partial charge in [0.25, 0.3) is 0 Å². The lowest BCUT2D eigenvalue weighted by Crippen LogP contribution is -2.45. The monoisotopic (exact) mass is 345 g/mol. The van der Waals surface area contributed by atoms with Gasteiger partial charge in [-0.05, 0) is 24.5 Å². The molecule has 3 rings (SSSR count).